The maximum Gasteiger partial charge on any atom is 0.488 e. The van der Waals surface area contributed by atoms with Crippen LogP contribution in [0, 0.1) is 6.92 Å². The minimum atomic E-state index is -1.59. The number of nitrogens with one attached hydrogen (secondary N) is 2. The second kappa shape index (κ2) is 8.69. The number of fused-ring (bicyclic) bond motifs is 1. The molecule has 0 aliphatic carbocycles. The van der Waals surface area contributed by atoms with Crippen molar-refractivity contribution in [2.24, 2.45) is 11.5 Å². The van der Waals surface area contributed by atoms with E-state index in [-0.39, 0.29) is 24.1 Å². The number of nitrogens with two attached hydrogens (primary N) is 2. The van der Waals surface area contributed by atoms with E-state index in [9.17, 15) is 19.6 Å². The van der Waals surface area contributed by atoms with Gasteiger partial charge < -0.3 is 31.8 Å². The van der Waals surface area contributed by atoms with E-state index in [1.165, 1.54) is 0 Å². The molecule has 0 aliphatic rings. The minimum Gasteiger partial charge on any atom is -0.423 e. The van der Waals surface area contributed by atoms with E-state index in [1.807, 2.05) is 0 Å². The summed E-state index contributed by atoms with van der Waals surface area (Å²) in [6.07, 6.45) is 0. The van der Waals surface area contributed by atoms with Crippen LogP contribution in [0.3, 0.4) is 0 Å². The number of hydrogen-bond donors (Lipinski definition) is 6. The van der Waals surface area contributed by atoms with Gasteiger partial charge in [-0.25, -0.2) is 4.98 Å². The molecular weight excluding hydrogens is 425 g/mol. The van der Waals surface area contributed by atoms with Gasteiger partial charge in [-0.2, -0.15) is 9.97 Å². The Bertz CT molecular complexity index is 1390. The zero-order valence-electron chi connectivity index (χ0n) is 17.5. The van der Waals surface area contributed by atoms with Crippen molar-refractivity contribution < 1.29 is 19.6 Å². The third-order valence-corrected chi connectivity index (χ3v) is 5.07. The number of H-pyrrole nitrogens is 1. The largest absolute Gasteiger partial charge is 0.488 e. The van der Waals surface area contributed by atoms with Gasteiger partial charge in [-0.15, -0.1) is 0 Å². The molecule has 12 heteroatoms. The van der Waals surface area contributed by atoms with Gasteiger partial charge in [0.25, 0.3) is 11.8 Å². The van der Waals surface area contributed by atoms with Gasteiger partial charge in [-0.05, 0) is 24.0 Å². The summed E-state index contributed by atoms with van der Waals surface area (Å²) in [4.78, 5) is 39.6. The first-order valence-corrected chi connectivity index (χ1v) is 9.90. The molecule has 0 bridgehead atoms. The third kappa shape index (κ3) is 4.38. The Morgan fingerprint density at radius 1 is 1.06 bits per heavy atom. The van der Waals surface area contributed by atoms with Gasteiger partial charge in [0.2, 0.25) is 11.8 Å². The Morgan fingerprint density at radius 2 is 1.82 bits per heavy atom. The van der Waals surface area contributed by atoms with Crippen LogP contribution in [-0.4, -0.2) is 48.9 Å². The highest BCUT2D eigenvalue weighted by atomic mass is 16.4. The van der Waals surface area contributed by atoms with Gasteiger partial charge in [0.05, 0.1) is 11.1 Å². The van der Waals surface area contributed by atoms with Crippen molar-refractivity contribution in [2.75, 3.05) is 5.32 Å². The van der Waals surface area contributed by atoms with Crippen LogP contribution in [-0.2, 0) is 6.54 Å². The summed E-state index contributed by atoms with van der Waals surface area (Å²) in [5, 5.41) is 22.4. The average Bonchev–Trinajstić information content (AvgIpc) is 3.13. The van der Waals surface area contributed by atoms with E-state index in [1.54, 1.807) is 49.4 Å². The molecule has 8 N–H and O–H groups in total. The van der Waals surface area contributed by atoms with E-state index in [4.69, 9.17) is 11.5 Å². The molecule has 0 unspecified atom stereocenters. The molecule has 11 nitrogen and oxygen atoms in total. The fourth-order valence-corrected chi connectivity index (χ4v) is 3.56. The molecule has 0 aliphatic heterocycles. The number of anilines is 1. The number of para-hydroxylation sites is 1. The summed E-state index contributed by atoms with van der Waals surface area (Å²) in [5.41, 5.74) is 14.1. The topological polar surface area (TPSA) is 193 Å². The lowest BCUT2D eigenvalue weighted by molar-refractivity contribution is 0.0986. The zero-order valence-corrected chi connectivity index (χ0v) is 17.5. The van der Waals surface area contributed by atoms with Crippen LogP contribution in [0.1, 0.15) is 32.2 Å². The molecule has 2 amide bonds. The summed E-state index contributed by atoms with van der Waals surface area (Å²) >= 11 is 0. The quantitative estimate of drug-likeness (QED) is 0.211. The fourth-order valence-electron chi connectivity index (χ4n) is 3.56. The van der Waals surface area contributed by atoms with Crippen molar-refractivity contribution >= 4 is 41.2 Å². The van der Waals surface area contributed by atoms with E-state index < -0.39 is 18.9 Å². The Morgan fingerprint density at radius 3 is 2.52 bits per heavy atom. The van der Waals surface area contributed by atoms with Gasteiger partial charge in [0.15, 0.2) is 5.82 Å². The van der Waals surface area contributed by atoms with Crippen molar-refractivity contribution in [3.05, 3.63) is 65.1 Å². The zero-order chi connectivity index (χ0) is 23.7. The van der Waals surface area contributed by atoms with Crippen molar-refractivity contribution in [1.82, 2.24) is 19.9 Å². The lowest BCUT2D eigenvalue weighted by atomic mass is 9.80. The summed E-state index contributed by atoms with van der Waals surface area (Å²) in [5.74, 6) is -1.36. The first kappa shape index (κ1) is 21.9. The molecule has 4 rings (SSSR count). The Balaban J connectivity index is 1.76. The predicted octanol–water partition coefficient (Wildman–Crippen LogP) is -0.182. The number of carbonyl (C=O) groups excluding carboxylic acids is 2. The number of hydrogen-bond acceptors (Lipinski definition) is 8. The normalized spacial score (nSPS) is 10.9. The molecule has 2 aromatic heterocycles. The SMILES string of the molecule is Cc1[nH]c2c(C(N)=O)cccc2c1-c1nc(NCc2cccc(B(O)O)c2)nc(C(N)=O)n1. The summed E-state index contributed by atoms with van der Waals surface area (Å²) in [6, 6.07) is 11.8. The fraction of sp³-hybridized carbons (Fsp3) is 0.0952. The van der Waals surface area contributed by atoms with Crippen LogP contribution in [0.15, 0.2) is 42.5 Å². The molecule has 2 aromatic carbocycles. The molecule has 0 radical (unpaired) electrons. The first-order valence-electron chi connectivity index (χ1n) is 9.90. The molecule has 0 fully saturated rings. The van der Waals surface area contributed by atoms with Crippen molar-refractivity contribution in [2.45, 2.75) is 13.5 Å². The lowest BCUT2D eigenvalue weighted by Gasteiger charge is -2.09. The Kier molecular flexibility index (Phi) is 5.77. The number of primary amides is 2. The van der Waals surface area contributed by atoms with Gasteiger partial charge in [-0.1, -0.05) is 36.4 Å². The number of aromatic nitrogens is 4. The third-order valence-electron chi connectivity index (χ3n) is 5.07. The van der Waals surface area contributed by atoms with Crippen LogP contribution in [0.4, 0.5) is 5.95 Å². The maximum atomic E-state index is 11.9. The Hall–Kier alpha value is -4.29. The summed E-state index contributed by atoms with van der Waals surface area (Å²) in [6.45, 7) is 2.02. The Labute approximate surface area is 188 Å². The number of amides is 2. The second-order valence-electron chi connectivity index (χ2n) is 7.36. The second-order valence-corrected chi connectivity index (χ2v) is 7.36. The molecule has 0 spiro atoms. The number of benzene rings is 2. The highest BCUT2D eigenvalue weighted by molar-refractivity contribution is 6.58. The molecule has 0 saturated heterocycles. The summed E-state index contributed by atoms with van der Waals surface area (Å²) in [7, 11) is -1.59. The standard InChI is InChI=1S/C21H20BN7O4/c1-10-15(13-6-3-7-14(17(23)30)16(13)26-10)19-27-20(18(24)31)29-21(28-19)25-9-11-4-2-5-12(8-11)22(32)33/h2-8,26,32-33H,9H2,1H3,(H2,23,30)(H2,24,31)(H,25,27,28,29). The smallest absolute Gasteiger partial charge is 0.423 e. The van der Waals surface area contributed by atoms with Gasteiger partial charge >= 0.3 is 7.12 Å². The monoisotopic (exact) mass is 445 g/mol. The molecule has 4 aromatic rings. The lowest BCUT2D eigenvalue weighted by Crippen LogP contribution is -2.30. The number of nitrogens with zero attached hydrogens (tertiary/aromatic N) is 3. The van der Waals surface area contributed by atoms with Crippen molar-refractivity contribution in [1.29, 1.82) is 0 Å². The van der Waals surface area contributed by atoms with Crippen LogP contribution < -0.4 is 22.2 Å². The number of aromatic amines is 1. The molecule has 166 valence electrons. The van der Waals surface area contributed by atoms with Crippen molar-refractivity contribution in [3.63, 3.8) is 0 Å². The van der Waals surface area contributed by atoms with Crippen LogP contribution in [0.2, 0.25) is 0 Å². The van der Waals surface area contributed by atoms with E-state index >= 15 is 0 Å². The highest BCUT2D eigenvalue weighted by Crippen LogP contribution is 2.32. The molecule has 2 heterocycles. The van der Waals surface area contributed by atoms with Gasteiger partial charge in [0, 0.05) is 23.2 Å². The molecule has 33 heavy (non-hydrogen) atoms. The molecular formula is C21H20BN7O4. The number of rotatable bonds is 7. The van der Waals surface area contributed by atoms with E-state index in [0.717, 1.165) is 5.56 Å². The van der Waals surface area contributed by atoms with Crippen LogP contribution >= 0.6 is 0 Å². The predicted molar refractivity (Wildman–Crippen MR) is 122 cm³/mol. The maximum absolute atomic E-state index is 11.9. The molecule has 0 atom stereocenters. The molecule has 0 saturated carbocycles. The average molecular weight is 445 g/mol. The highest BCUT2D eigenvalue weighted by Gasteiger charge is 2.20. The minimum absolute atomic E-state index is 0.101. The van der Waals surface area contributed by atoms with E-state index in [0.29, 0.717) is 33.2 Å². The number of carbonyl (C=O) groups is 2. The van der Waals surface area contributed by atoms with Crippen molar-refractivity contribution in [3.8, 4) is 11.4 Å². The van der Waals surface area contributed by atoms with E-state index in [2.05, 4.69) is 25.3 Å². The van der Waals surface area contributed by atoms with Gasteiger partial charge in [0.1, 0.15) is 0 Å². The van der Waals surface area contributed by atoms with Crippen LogP contribution in [0.25, 0.3) is 22.3 Å². The van der Waals surface area contributed by atoms with Gasteiger partial charge in [-0.3, -0.25) is 9.59 Å². The number of aryl methyl sites for hydroxylation is 1. The van der Waals surface area contributed by atoms with Crippen LogP contribution in [0.5, 0.6) is 0 Å². The first-order chi connectivity index (χ1) is 15.7. The summed E-state index contributed by atoms with van der Waals surface area (Å²) < 4.78 is 0.